The molecule has 0 aliphatic heterocycles. The molecule has 0 amide bonds. The van der Waals surface area contributed by atoms with Crippen LogP contribution >= 0.6 is 0 Å². The Bertz CT molecular complexity index is 255. The van der Waals surface area contributed by atoms with Crippen LogP contribution in [-0.2, 0) is 9.22 Å². The summed E-state index contributed by atoms with van der Waals surface area (Å²) in [5.41, 5.74) is -0.293. The minimum Gasteiger partial charge on any atom is -0.417 e. The maximum Gasteiger partial charge on any atom is 0.171 e. The summed E-state index contributed by atoms with van der Waals surface area (Å²) >= 11 is 0. The number of carbonyl (C=O) groups excluding carboxylic acids is 1. The van der Waals surface area contributed by atoms with Crippen LogP contribution in [0.25, 0.3) is 0 Å². The third kappa shape index (κ3) is 2.18. The molecule has 1 rings (SSSR count). The topological polar surface area (TPSA) is 26.3 Å². The van der Waals surface area contributed by atoms with Crippen molar-refractivity contribution in [3.8, 4) is 0 Å². The zero-order chi connectivity index (χ0) is 11.9. The van der Waals surface area contributed by atoms with Crippen molar-refractivity contribution in [1.29, 1.82) is 0 Å². The average Bonchev–Trinajstić information content (AvgIpc) is 2.31. The minimum absolute atomic E-state index is 0.00542. The van der Waals surface area contributed by atoms with E-state index in [1.165, 1.54) is 0 Å². The molecule has 1 fully saturated rings. The van der Waals surface area contributed by atoms with Gasteiger partial charge in [0.15, 0.2) is 9.04 Å². The van der Waals surface area contributed by atoms with Gasteiger partial charge in [0, 0.05) is 6.42 Å². The standard InChI is InChI=1S/C12H24O2Si/c1-11(2,3)12(4)9(13)7-8-10(12)14-15(5)6/h10,15H,7-8H2,1-6H3. The lowest BCUT2D eigenvalue weighted by atomic mass is 9.65. The van der Waals surface area contributed by atoms with Crippen molar-refractivity contribution in [3.63, 3.8) is 0 Å². The molecule has 3 heteroatoms. The van der Waals surface area contributed by atoms with E-state index in [0.29, 0.717) is 12.2 Å². The van der Waals surface area contributed by atoms with Crippen LogP contribution in [0.4, 0.5) is 0 Å². The Balaban J connectivity index is 2.95. The van der Waals surface area contributed by atoms with E-state index >= 15 is 0 Å². The van der Waals surface area contributed by atoms with Gasteiger partial charge >= 0.3 is 0 Å². The number of hydrogen-bond donors (Lipinski definition) is 0. The van der Waals surface area contributed by atoms with Crippen molar-refractivity contribution >= 4 is 14.8 Å². The van der Waals surface area contributed by atoms with Gasteiger partial charge in [-0.25, -0.2) is 0 Å². The molecule has 1 aliphatic rings. The van der Waals surface area contributed by atoms with Gasteiger partial charge in [-0.3, -0.25) is 4.79 Å². The molecule has 1 saturated carbocycles. The summed E-state index contributed by atoms with van der Waals surface area (Å²) in [4.78, 5) is 12.1. The van der Waals surface area contributed by atoms with Crippen LogP contribution in [0.15, 0.2) is 0 Å². The van der Waals surface area contributed by atoms with Crippen LogP contribution in [0.5, 0.6) is 0 Å². The van der Waals surface area contributed by atoms with Gasteiger partial charge in [0.2, 0.25) is 0 Å². The summed E-state index contributed by atoms with van der Waals surface area (Å²) in [5.74, 6) is 0.384. The number of Topliss-reactive ketones (excluding diaryl/α,β-unsaturated/α-hetero) is 1. The first-order chi connectivity index (χ1) is 6.69. The monoisotopic (exact) mass is 228 g/mol. The highest BCUT2D eigenvalue weighted by molar-refractivity contribution is 6.48. The molecule has 0 N–H and O–H groups in total. The molecule has 0 aromatic heterocycles. The maximum absolute atomic E-state index is 12.1. The van der Waals surface area contributed by atoms with Gasteiger partial charge in [0.05, 0.1) is 11.5 Å². The van der Waals surface area contributed by atoms with Crippen LogP contribution in [0.3, 0.4) is 0 Å². The summed E-state index contributed by atoms with van der Waals surface area (Å²) in [5, 5.41) is 0. The molecule has 0 radical (unpaired) electrons. The van der Waals surface area contributed by atoms with Crippen LogP contribution in [0, 0.1) is 10.8 Å². The average molecular weight is 228 g/mol. The molecule has 0 spiro atoms. The molecule has 15 heavy (non-hydrogen) atoms. The molecule has 2 nitrogen and oxygen atoms in total. The van der Waals surface area contributed by atoms with E-state index in [1.54, 1.807) is 0 Å². The number of hydrogen-bond acceptors (Lipinski definition) is 2. The second-order valence-corrected chi connectivity index (χ2v) is 8.46. The fourth-order valence-corrected chi connectivity index (χ4v) is 3.49. The Morgan fingerprint density at radius 3 is 2.33 bits per heavy atom. The molecular weight excluding hydrogens is 204 g/mol. The van der Waals surface area contributed by atoms with Gasteiger partial charge in [-0.05, 0) is 31.9 Å². The van der Waals surface area contributed by atoms with Gasteiger partial charge < -0.3 is 4.43 Å². The lowest BCUT2D eigenvalue weighted by molar-refractivity contribution is -0.134. The van der Waals surface area contributed by atoms with E-state index in [-0.39, 0.29) is 16.9 Å². The van der Waals surface area contributed by atoms with E-state index in [2.05, 4.69) is 40.8 Å². The quantitative estimate of drug-likeness (QED) is 0.679. The summed E-state index contributed by atoms with van der Waals surface area (Å²) in [7, 11) is -1.06. The molecule has 0 aromatic carbocycles. The Morgan fingerprint density at radius 2 is 1.93 bits per heavy atom. The van der Waals surface area contributed by atoms with Crippen molar-refractivity contribution in [2.24, 2.45) is 10.8 Å². The van der Waals surface area contributed by atoms with Crippen LogP contribution < -0.4 is 0 Å². The molecule has 0 aromatic rings. The normalized spacial score (nSPS) is 32.7. The summed E-state index contributed by atoms with van der Waals surface area (Å²) in [6.45, 7) is 12.9. The number of carbonyl (C=O) groups is 1. The molecular formula is C12H24O2Si. The van der Waals surface area contributed by atoms with E-state index in [4.69, 9.17) is 4.43 Å². The first kappa shape index (κ1) is 12.9. The van der Waals surface area contributed by atoms with E-state index in [0.717, 1.165) is 6.42 Å². The highest BCUT2D eigenvalue weighted by Crippen LogP contribution is 2.49. The molecule has 0 saturated heterocycles. The van der Waals surface area contributed by atoms with Crippen molar-refractivity contribution in [2.45, 2.75) is 59.7 Å². The van der Waals surface area contributed by atoms with E-state index in [1.807, 2.05) is 0 Å². The molecule has 0 bridgehead atoms. The molecule has 88 valence electrons. The number of rotatable bonds is 2. The van der Waals surface area contributed by atoms with Crippen molar-refractivity contribution in [3.05, 3.63) is 0 Å². The first-order valence-electron chi connectivity index (χ1n) is 5.88. The summed E-state index contributed by atoms with van der Waals surface area (Å²) < 4.78 is 6.04. The van der Waals surface area contributed by atoms with E-state index < -0.39 is 9.04 Å². The molecule has 1 aliphatic carbocycles. The zero-order valence-corrected chi connectivity index (χ0v) is 12.0. The van der Waals surface area contributed by atoms with Gasteiger partial charge in [-0.2, -0.15) is 0 Å². The zero-order valence-electron chi connectivity index (χ0n) is 10.9. The van der Waals surface area contributed by atoms with Crippen molar-refractivity contribution in [1.82, 2.24) is 0 Å². The van der Waals surface area contributed by atoms with Gasteiger partial charge in [-0.15, -0.1) is 0 Å². The number of ketones is 1. The second-order valence-electron chi connectivity index (χ2n) is 6.09. The van der Waals surface area contributed by atoms with E-state index in [9.17, 15) is 4.79 Å². The fraction of sp³-hybridized carbons (Fsp3) is 0.917. The van der Waals surface area contributed by atoms with Crippen LogP contribution in [0.2, 0.25) is 13.1 Å². The Kier molecular flexibility index (Phi) is 3.46. The third-order valence-electron chi connectivity index (χ3n) is 3.85. The van der Waals surface area contributed by atoms with Gasteiger partial charge in [-0.1, -0.05) is 20.8 Å². The Morgan fingerprint density at radius 1 is 1.40 bits per heavy atom. The lowest BCUT2D eigenvalue weighted by Gasteiger charge is -2.42. The highest BCUT2D eigenvalue weighted by atomic mass is 28.3. The molecule has 2 atom stereocenters. The highest BCUT2D eigenvalue weighted by Gasteiger charge is 2.53. The van der Waals surface area contributed by atoms with Crippen molar-refractivity contribution < 1.29 is 9.22 Å². The fourth-order valence-electron chi connectivity index (χ4n) is 2.42. The smallest absolute Gasteiger partial charge is 0.171 e. The summed E-state index contributed by atoms with van der Waals surface area (Å²) in [6, 6.07) is 0. The minimum atomic E-state index is -1.06. The largest absolute Gasteiger partial charge is 0.417 e. The van der Waals surface area contributed by atoms with Crippen LogP contribution in [-0.4, -0.2) is 20.9 Å². The Labute approximate surface area is 95.1 Å². The molecule has 0 heterocycles. The van der Waals surface area contributed by atoms with Crippen LogP contribution in [0.1, 0.15) is 40.5 Å². The van der Waals surface area contributed by atoms with Gasteiger partial charge in [0.25, 0.3) is 0 Å². The second kappa shape index (κ2) is 4.02. The third-order valence-corrected chi connectivity index (χ3v) is 4.72. The maximum atomic E-state index is 12.1. The Hall–Kier alpha value is -0.153. The predicted octanol–water partition coefficient (Wildman–Crippen LogP) is 2.77. The van der Waals surface area contributed by atoms with Gasteiger partial charge in [0.1, 0.15) is 5.78 Å². The lowest BCUT2D eigenvalue weighted by Crippen LogP contribution is -2.46. The summed E-state index contributed by atoms with van der Waals surface area (Å²) in [6.07, 6.45) is 1.76. The van der Waals surface area contributed by atoms with Crippen molar-refractivity contribution in [2.75, 3.05) is 0 Å². The SMILES string of the molecule is C[SiH](C)OC1CCC(=O)C1(C)C(C)(C)C. The molecule has 2 unspecified atom stereocenters. The predicted molar refractivity (Wildman–Crippen MR) is 65.6 cm³/mol. The first-order valence-corrected chi connectivity index (χ1v) is 8.66.